The van der Waals surface area contributed by atoms with Gasteiger partial charge in [0.05, 0.1) is 6.54 Å². The summed E-state index contributed by atoms with van der Waals surface area (Å²) in [5.74, 6) is 0.683. The summed E-state index contributed by atoms with van der Waals surface area (Å²) in [6, 6.07) is 7.10. The lowest BCUT2D eigenvalue weighted by Gasteiger charge is -2.17. The van der Waals surface area contributed by atoms with Crippen LogP contribution in [0.1, 0.15) is 24.2 Å². The van der Waals surface area contributed by atoms with Gasteiger partial charge in [0.1, 0.15) is 0 Å². The largest absolute Gasteiger partial charge is 0.299 e. The molecular formula is C13H18ClNO. The van der Waals surface area contributed by atoms with Gasteiger partial charge in [0.15, 0.2) is 5.78 Å². The third kappa shape index (κ3) is 4.33. The molecule has 0 bridgehead atoms. The number of carbonyl (C=O) groups is 1. The molecule has 0 saturated heterocycles. The van der Waals surface area contributed by atoms with Crippen LogP contribution < -0.4 is 0 Å². The van der Waals surface area contributed by atoms with Crippen molar-refractivity contribution in [1.82, 2.24) is 4.90 Å². The monoisotopic (exact) mass is 239 g/mol. The van der Waals surface area contributed by atoms with Crippen LogP contribution in [-0.4, -0.2) is 30.8 Å². The molecule has 1 rings (SSSR count). The number of hydrogen-bond acceptors (Lipinski definition) is 2. The predicted molar refractivity (Wildman–Crippen MR) is 68.1 cm³/mol. The van der Waals surface area contributed by atoms with Gasteiger partial charge >= 0.3 is 0 Å². The molecule has 2 nitrogen and oxygen atoms in total. The Morgan fingerprint density at radius 2 is 2.12 bits per heavy atom. The summed E-state index contributed by atoms with van der Waals surface area (Å²) in [6.45, 7) is 5.64. The normalized spacial score (nSPS) is 11.1. The fraction of sp³-hybridized carbons (Fsp3) is 0.462. The van der Waals surface area contributed by atoms with E-state index < -0.39 is 0 Å². The van der Waals surface area contributed by atoms with Crippen LogP contribution >= 0.6 is 11.6 Å². The summed E-state index contributed by atoms with van der Waals surface area (Å²) in [7, 11) is 1.96. The van der Waals surface area contributed by atoms with E-state index in [2.05, 4.69) is 13.8 Å². The molecule has 0 saturated carbocycles. The van der Waals surface area contributed by atoms with Gasteiger partial charge in [-0.2, -0.15) is 0 Å². The zero-order chi connectivity index (χ0) is 12.1. The standard InChI is InChI=1S/C13H18ClNO/c1-10(2)8-15(3)9-13(16)11-5-4-6-12(14)7-11/h4-7,10H,8-9H2,1-3H3. The van der Waals surface area contributed by atoms with Crippen molar-refractivity contribution in [1.29, 1.82) is 0 Å². The second-order valence-electron chi connectivity index (χ2n) is 4.52. The molecular weight excluding hydrogens is 222 g/mol. The van der Waals surface area contributed by atoms with Crippen molar-refractivity contribution < 1.29 is 4.79 Å². The average Bonchev–Trinajstić information content (AvgIpc) is 2.16. The minimum Gasteiger partial charge on any atom is -0.299 e. The Morgan fingerprint density at radius 3 is 2.69 bits per heavy atom. The van der Waals surface area contributed by atoms with Crippen LogP contribution in [0.15, 0.2) is 24.3 Å². The Labute approximate surface area is 102 Å². The molecule has 0 fully saturated rings. The molecule has 3 heteroatoms. The number of hydrogen-bond donors (Lipinski definition) is 0. The molecule has 1 aromatic rings. The predicted octanol–water partition coefficient (Wildman–Crippen LogP) is 3.11. The van der Waals surface area contributed by atoms with Gasteiger partial charge in [-0.25, -0.2) is 0 Å². The minimum atomic E-state index is 0.116. The molecule has 0 N–H and O–H groups in total. The SMILES string of the molecule is CC(C)CN(C)CC(=O)c1cccc(Cl)c1. The summed E-state index contributed by atoms with van der Waals surface area (Å²) in [5, 5.41) is 0.609. The molecule has 0 unspecified atom stereocenters. The summed E-state index contributed by atoms with van der Waals surface area (Å²) in [4.78, 5) is 13.9. The van der Waals surface area contributed by atoms with Gasteiger partial charge in [-0.15, -0.1) is 0 Å². The molecule has 88 valence electrons. The van der Waals surface area contributed by atoms with Crippen LogP contribution in [0.5, 0.6) is 0 Å². The highest BCUT2D eigenvalue weighted by molar-refractivity contribution is 6.31. The van der Waals surface area contributed by atoms with E-state index in [0.717, 1.165) is 6.54 Å². The molecule has 0 spiro atoms. The number of nitrogens with zero attached hydrogens (tertiary/aromatic N) is 1. The maximum Gasteiger partial charge on any atom is 0.176 e. The molecule has 1 aromatic carbocycles. The minimum absolute atomic E-state index is 0.116. The first-order valence-electron chi connectivity index (χ1n) is 5.46. The Balaban J connectivity index is 2.59. The first kappa shape index (κ1) is 13.2. The first-order valence-corrected chi connectivity index (χ1v) is 5.84. The molecule has 0 aliphatic rings. The lowest BCUT2D eigenvalue weighted by Crippen LogP contribution is -2.29. The maximum atomic E-state index is 11.9. The van der Waals surface area contributed by atoms with Crippen molar-refractivity contribution in [2.24, 2.45) is 5.92 Å². The van der Waals surface area contributed by atoms with Gasteiger partial charge in [0.2, 0.25) is 0 Å². The number of ketones is 1. The van der Waals surface area contributed by atoms with Gasteiger partial charge in [-0.1, -0.05) is 37.6 Å². The van der Waals surface area contributed by atoms with E-state index in [0.29, 0.717) is 23.0 Å². The lowest BCUT2D eigenvalue weighted by molar-refractivity contribution is 0.0940. The number of rotatable bonds is 5. The highest BCUT2D eigenvalue weighted by Gasteiger charge is 2.10. The number of likely N-dealkylation sites (N-methyl/N-ethyl adjacent to an activating group) is 1. The van der Waals surface area contributed by atoms with Gasteiger partial charge in [0.25, 0.3) is 0 Å². The zero-order valence-electron chi connectivity index (χ0n) is 10.0. The molecule has 0 aromatic heterocycles. The van der Waals surface area contributed by atoms with Crippen LogP contribution in [0.25, 0.3) is 0 Å². The van der Waals surface area contributed by atoms with Gasteiger partial charge in [-0.05, 0) is 25.1 Å². The van der Waals surface area contributed by atoms with E-state index in [9.17, 15) is 4.79 Å². The average molecular weight is 240 g/mol. The van der Waals surface area contributed by atoms with Crippen LogP contribution in [0, 0.1) is 5.92 Å². The highest BCUT2D eigenvalue weighted by Crippen LogP contribution is 2.11. The van der Waals surface area contributed by atoms with Crippen molar-refractivity contribution in [2.45, 2.75) is 13.8 Å². The van der Waals surface area contributed by atoms with E-state index in [4.69, 9.17) is 11.6 Å². The Morgan fingerprint density at radius 1 is 1.44 bits per heavy atom. The van der Waals surface area contributed by atoms with Crippen molar-refractivity contribution in [3.63, 3.8) is 0 Å². The second-order valence-corrected chi connectivity index (χ2v) is 4.96. The van der Waals surface area contributed by atoms with Crippen molar-refractivity contribution in [2.75, 3.05) is 20.1 Å². The highest BCUT2D eigenvalue weighted by atomic mass is 35.5. The molecule has 0 amide bonds. The number of benzene rings is 1. The maximum absolute atomic E-state index is 11.9. The molecule has 0 aliphatic heterocycles. The fourth-order valence-electron chi connectivity index (χ4n) is 1.69. The summed E-state index contributed by atoms with van der Waals surface area (Å²) in [6.07, 6.45) is 0. The molecule has 0 radical (unpaired) electrons. The first-order chi connectivity index (χ1) is 7.49. The number of halogens is 1. The topological polar surface area (TPSA) is 20.3 Å². The molecule has 0 aliphatic carbocycles. The van der Waals surface area contributed by atoms with E-state index in [1.807, 2.05) is 11.9 Å². The van der Waals surface area contributed by atoms with Crippen LogP contribution in [0.4, 0.5) is 0 Å². The molecule has 0 atom stereocenters. The number of carbonyl (C=O) groups excluding carboxylic acids is 1. The fourth-order valence-corrected chi connectivity index (χ4v) is 1.88. The third-order valence-electron chi connectivity index (χ3n) is 2.24. The van der Waals surface area contributed by atoms with E-state index in [1.54, 1.807) is 24.3 Å². The van der Waals surface area contributed by atoms with Gasteiger partial charge in [-0.3, -0.25) is 9.69 Å². The van der Waals surface area contributed by atoms with Crippen molar-refractivity contribution in [3.05, 3.63) is 34.9 Å². The smallest absolute Gasteiger partial charge is 0.176 e. The molecule has 16 heavy (non-hydrogen) atoms. The Bertz CT molecular complexity index is 363. The van der Waals surface area contributed by atoms with Crippen molar-refractivity contribution >= 4 is 17.4 Å². The Kier molecular flexibility index (Phi) is 4.97. The summed E-state index contributed by atoms with van der Waals surface area (Å²) < 4.78 is 0. The lowest BCUT2D eigenvalue weighted by atomic mass is 10.1. The summed E-state index contributed by atoms with van der Waals surface area (Å²) >= 11 is 5.84. The quantitative estimate of drug-likeness (QED) is 0.736. The number of Topliss-reactive ketones (excluding diaryl/α,β-unsaturated/α-hetero) is 1. The van der Waals surface area contributed by atoms with Crippen LogP contribution in [0.3, 0.4) is 0 Å². The zero-order valence-corrected chi connectivity index (χ0v) is 10.8. The van der Waals surface area contributed by atoms with Crippen molar-refractivity contribution in [3.8, 4) is 0 Å². The summed E-state index contributed by atoms with van der Waals surface area (Å²) in [5.41, 5.74) is 0.683. The van der Waals surface area contributed by atoms with E-state index in [1.165, 1.54) is 0 Å². The Hall–Kier alpha value is -0.860. The van der Waals surface area contributed by atoms with E-state index >= 15 is 0 Å². The van der Waals surface area contributed by atoms with Gasteiger partial charge in [0, 0.05) is 17.1 Å². The third-order valence-corrected chi connectivity index (χ3v) is 2.47. The second kappa shape index (κ2) is 6.02. The van der Waals surface area contributed by atoms with E-state index in [-0.39, 0.29) is 5.78 Å². The molecule has 0 heterocycles. The van der Waals surface area contributed by atoms with Crippen LogP contribution in [-0.2, 0) is 0 Å². The van der Waals surface area contributed by atoms with Gasteiger partial charge < -0.3 is 0 Å². The van der Waals surface area contributed by atoms with Crippen LogP contribution in [0.2, 0.25) is 5.02 Å².